The number of rotatable bonds is 4. The molecule has 1 amide bonds. The van der Waals surface area contributed by atoms with Gasteiger partial charge in [-0.1, -0.05) is 42.5 Å². The summed E-state index contributed by atoms with van der Waals surface area (Å²) in [7, 11) is 0. The number of hydrogen-bond donors (Lipinski definition) is 0. The minimum atomic E-state index is 0.144. The fraction of sp³-hybridized carbons (Fsp3) is 0.345. The van der Waals surface area contributed by atoms with Gasteiger partial charge < -0.3 is 14.7 Å². The molecule has 3 aromatic rings. The van der Waals surface area contributed by atoms with E-state index in [1.54, 1.807) is 0 Å². The van der Waals surface area contributed by atoms with Crippen molar-refractivity contribution in [3.8, 4) is 0 Å². The van der Waals surface area contributed by atoms with Crippen LogP contribution in [-0.4, -0.2) is 43.5 Å². The summed E-state index contributed by atoms with van der Waals surface area (Å²) in [5.41, 5.74) is 8.79. The van der Waals surface area contributed by atoms with E-state index in [9.17, 15) is 4.79 Å². The van der Waals surface area contributed by atoms with Crippen LogP contribution in [0.2, 0.25) is 0 Å². The Hall–Kier alpha value is -3.27. The van der Waals surface area contributed by atoms with Crippen LogP contribution < -0.4 is 9.80 Å². The van der Waals surface area contributed by atoms with E-state index >= 15 is 0 Å². The zero-order valence-electron chi connectivity index (χ0n) is 19.8. The summed E-state index contributed by atoms with van der Waals surface area (Å²) < 4.78 is 0. The highest BCUT2D eigenvalue weighted by Crippen LogP contribution is 2.28. The van der Waals surface area contributed by atoms with Crippen molar-refractivity contribution in [2.75, 3.05) is 42.5 Å². The summed E-state index contributed by atoms with van der Waals surface area (Å²) in [6.45, 7) is 9.60. The molecule has 3 aromatic carbocycles. The van der Waals surface area contributed by atoms with Crippen LogP contribution in [0.15, 0.2) is 66.7 Å². The molecular weight excluding hydrogens is 406 g/mol. The van der Waals surface area contributed by atoms with Crippen LogP contribution >= 0.6 is 0 Å². The number of anilines is 2. The van der Waals surface area contributed by atoms with Crippen LogP contribution in [0.3, 0.4) is 0 Å². The highest BCUT2D eigenvalue weighted by Gasteiger charge is 2.23. The monoisotopic (exact) mass is 439 g/mol. The molecule has 0 bridgehead atoms. The molecule has 0 atom stereocenters. The first kappa shape index (κ1) is 21.6. The zero-order valence-corrected chi connectivity index (χ0v) is 19.8. The van der Waals surface area contributed by atoms with Gasteiger partial charge in [0.1, 0.15) is 0 Å². The number of piperazine rings is 1. The fourth-order valence-electron chi connectivity index (χ4n) is 5.16. The summed E-state index contributed by atoms with van der Waals surface area (Å²) in [6, 6.07) is 23.4. The number of carbonyl (C=O) groups is 1. The molecule has 2 aliphatic rings. The van der Waals surface area contributed by atoms with Crippen molar-refractivity contribution in [3.63, 3.8) is 0 Å². The summed E-state index contributed by atoms with van der Waals surface area (Å²) in [4.78, 5) is 20.0. The van der Waals surface area contributed by atoms with Gasteiger partial charge in [0.15, 0.2) is 0 Å². The predicted octanol–water partition coefficient (Wildman–Crippen LogP) is 5.22. The highest BCUT2D eigenvalue weighted by atomic mass is 16.2. The van der Waals surface area contributed by atoms with Gasteiger partial charge in [0, 0.05) is 56.2 Å². The molecule has 2 aliphatic heterocycles. The Morgan fingerprint density at radius 3 is 2.30 bits per heavy atom. The maximum absolute atomic E-state index is 13.1. The number of hydrogen-bond acceptors (Lipinski definition) is 3. The average Bonchev–Trinajstić information content (AvgIpc) is 2.86. The highest BCUT2D eigenvalue weighted by molar-refractivity contribution is 5.94. The Labute approximate surface area is 197 Å². The van der Waals surface area contributed by atoms with E-state index in [0.29, 0.717) is 0 Å². The van der Waals surface area contributed by atoms with Crippen LogP contribution in [0.4, 0.5) is 11.4 Å². The van der Waals surface area contributed by atoms with Gasteiger partial charge in [-0.3, -0.25) is 4.79 Å². The van der Waals surface area contributed by atoms with Crippen LogP contribution in [0.5, 0.6) is 0 Å². The third kappa shape index (κ3) is 4.47. The van der Waals surface area contributed by atoms with Gasteiger partial charge in [-0.15, -0.1) is 0 Å². The van der Waals surface area contributed by atoms with Gasteiger partial charge in [-0.25, -0.2) is 0 Å². The summed E-state index contributed by atoms with van der Waals surface area (Å²) >= 11 is 0. The van der Waals surface area contributed by atoms with Gasteiger partial charge in [-0.05, 0) is 73.2 Å². The lowest BCUT2D eigenvalue weighted by Gasteiger charge is -2.37. The third-order valence-electron chi connectivity index (χ3n) is 7.26. The zero-order chi connectivity index (χ0) is 22.8. The number of benzene rings is 3. The first-order valence-electron chi connectivity index (χ1n) is 12.1. The molecule has 2 heterocycles. The van der Waals surface area contributed by atoms with E-state index in [1.165, 1.54) is 40.0 Å². The Bertz CT molecular complexity index is 1130. The van der Waals surface area contributed by atoms with E-state index < -0.39 is 0 Å². The minimum Gasteiger partial charge on any atom is -0.368 e. The first-order valence-corrected chi connectivity index (χ1v) is 12.1. The second-order valence-corrected chi connectivity index (χ2v) is 9.35. The molecule has 4 nitrogen and oxygen atoms in total. The molecule has 1 saturated heterocycles. The van der Waals surface area contributed by atoms with Gasteiger partial charge in [0.25, 0.3) is 5.91 Å². The van der Waals surface area contributed by atoms with E-state index in [4.69, 9.17) is 0 Å². The minimum absolute atomic E-state index is 0.144. The molecule has 33 heavy (non-hydrogen) atoms. The van der Waals surface area contributed by atoms with Gasteiger partial charge in [0.2, 0.25) is 0 Å². The lowest BCUT2D eigenvalue weighted by atomic mass is 10.0. The quantitative estimate of drug-likeness (QED) is 0.558. The number of aryl methyl sites for hydroxylation is 2. The fourth-order valence-corrected chi connectivity index (χ4v) is 5.16. The van der Waals surface area contributed by atoms with Crippen LogP contribution in [0, 0.1) is 13.8 Å². The average molecular weight is 440 g/mol. The molecule has 0 spiro atoms. The van der Waals surface area contributed by atoms with E-state index in [-0.39, 0.29) is 5.91 Å². The van der Waals surface area contributed by atoms with Crippen molar-refractivity contribution in [1.82, 2.24) is 4.90 Å². The van der Waals surface area contributed by atoms with Crippen molar-refractivity contribution >= 4 is 17.3 Å². The number of carbonyl (C=O) groups excluding carboxylic acids is 1. The SMILES string of the molecule is Cc1cccc(N2CCN(C(=O)c3ccc(CN4CCCc5ccccc54)cc3)CC2)c1C. The summed E-state index contributed by atoms with van der Waals surface area (Å²) in [6.07, 6.45) is 2.36. The Morgan fingerprint density at radius 1 is 0.788 bits per heavy atom. The molecule has 0 N–H and O–H groups in total. The summed E-state index contributed by atoms with van der Waals surface area (Å²) in [5.74, 6) is 0.144. The topological polar surface area (TPSA) is 26.8 Å². The molecule has 170 valence electrons. The van der Waals surface area contributed by atoms with Crippen LogP contribution in [0.1, 0.15) is 39.0 Å². The smallest absolute Gasteiger partial charge is 0.253 e. The van der Waals surface area contributed by atoms with Crippen molar-refractivity contribution < 1.29 is 4.79 Å². The maximum Gasteiger partial charge on any atom is 0.253 e. The predicted molar refractivity (Wildman–Crippen MR) is 136 cm³/mol. The van der Waals surface area contributed by atoms with Crippen molar-refractivity contribution in [2.45, 2.75) is 33.2 Å². The van der Waals surface area contributed by atoms with Crippen molar-refractivity contribution in [3.05, 3.63) is 94.5 Å². The molecule has 0 radical (unpaired) electrons. The van der Waals surface area contributed by atoms with E-state index in [1.807, 2.05) is 17.0 Å². The van der Waals surface area contributed by atoms with Gasteiger partial charge in [0.05, 0.1) is 0 Å². The van der Waals surface area contributed by atoms with E-state index in [2.05, 4.69) is 78.2 Å². The third-order valence-corrected chi connectivity index (χ3v) is 7.26. The largest absolute Gasteiger partial charge is 0.368 e. The van der Waals surface area contributed by atoms with E-state index in [0.717, 1.165) is 51.3 Å². The van der Waals surface area contributed by atoms with Gasteiger partial charge >= 0.3 is 0 Å². The molecule has 1 fully saturated rings. The second kappa shape index (κ2) is 9.30. The van der Waals surface area contributed by atoms with Crippen LogP contribution in [0.25, 0.3) is 0 Å². The summed E-state index contributed by atoms with van der Waals surface area (Å²) in [5, 5.41) is 0. The number of nitrogens with zero attached hydrogens (tertiary/aromatic N) is 3. The normalized spacial score (nSPS) is 16.0. The Balaban J connectivity index is 1.21. The molecule has 4 heteroatoms. The number of amides is 1. The molecule has 0 unspecified atom stereocenters. The van der Waals surface area contributed by atoms with Crippen molar-refractivity contribution in [2.24, 2.45) is 0 Å². The molecular formula is C29H33N3O. The standard InChI is InChI=1S/C29H33N3O/c1-22-7-5-11-27(23(22)2)30-17-19-31(20-18-30)29(33)26-14-12-24(13-15-26)21-32-16-6-9-25-8-3-4-10-28(25)32/h3-5,7-8,10-15H,6,9,16-21H2,1-2H3. The Morgan fingerprint density at radius 2 is 1.52 bits per heavy atom. The lowest BCUT2D eigenvalue weighted by Crippen LogP contribution is -2.49. The lowest BCUT2D eigenvalue weighted by molar-refractivity contribution is 0.0747. The Kier molecular flexibility index (Phi) is 6.08. The number of para-hydroxylation sites is 1. The molecule has 0 saturated carbocycles. The molecule has 5 rings (SSSR count). The molecule has 0 aromatic heterocycles. The van der Waals surface area contributed by atoms with Crippen molar-refractivity contribution in [1.29, 1.82) is 0 Å². The first-order chi connectivity index (χ1) is 16.1. The van der Waals surface area contributed by atoms with Crippen LogP contribution in [-0.2, 0) is 13.0 Å². The second-order valence-electron chi connectivity index (χ2n) is 9.35. The van der Waals surface area contributed by atoms with Gasteiger partial charge in [-0.2, -0.15) is 0 Å². The number of fused-ring (bicyclic) bond motifs is 1. The maximum atomic E-state index is 13.1. The molecule has 0 aliphatic carbocycles.